The van der Waals surface area contributed by atoms with Crippen LogP contribution in [0.2, 0.25) is 0 Å². The molecule has 0 saturated heterocycles. The van der Waals surface area contributed by atoms with Gasteiger partial charge < -0.3 is 11.5 Å². The van der Waals surface area contributed by atoms with Crippen molar-refractivity contribution in [3.63, 3.8) is 0 Å². The van der Waals surface area contributed by atoms with Crippen LogP contribution in [0.5, 0.6) is 0 Å². The fourth-order valence-electron chi connectivity index (χ4n) is 0.109. The second-order valence-corrected chi connectivity index (χ2v) is 4.00. The number of hydrogen-bond donors (Lipinski definition) is 4. The molecule has 0 unspecified atom stereocenters. The SMILES string of the molecule is CCN.CCN.O=S(=O)(O)OS(=O)(=O)O. The molecule has 6 N–H and O–H groups in total. The highest BCUT2D eigenvalue weighted by atomic mass is 32.3. The van der Waals surface area contributed by atoms with Crippen LogP contribution in [0.3, 0.4) is 0 Å². The van der Waals surface area contributed by atoms with Crippen molar-refractivity contribution in [2.24, 2.45) is 11.5 Å². The van der Waals surface area contributed by atoms with Crippen molar-refractivity contribution in [1.29, 1.82) is 0 Å². The highest BCUT2D eigenvalue weighted by Gasteiger charge is 2.15. The molecular formula is C4H16N2O7S2. The summed E-state index contributed by atoms with van der Waals surface area (Å²) in [6, 6.07) is 0. The van der Waals surface area contributed by atoms with Gasteiger partial charge in [-0.25, -0.2) is 0 Å². The molecule has 0 aliphatic rings. The van der Waals surface area contributed by atoms with Crippen LogP contribution >= 0.6 is 0 Å². The van der Waals surface area contributed by atoms with Crippen LogP contribution in [0.1, 0.15) is 13.8 Å². The summed E-state index contributed by atoms with van der Waals surface area (Å²) in [5, 5.41) is 0. The Bertz CT molecular complexity index is 276. The molecule has 0 fully saturated rings. The van der Waals surface area contributed by atoms with E-state index in [1.165, 1.54) is 0 Å². The summed E-state index contributed by atoms with van der Waals surface area (Å²) >= 11 is 0. The highest BCUT2D eigenvalue weighted by Crippen LogP contribution is 1.91. The molecule has 0 aromatic rings. The Kier molecular flexibility index (Phi) is 13.7. The van der Waals surface area contributed by atoms with E-state index in [2.05, 4.69) is 3.63 Å². The molecular weight excluding hydrogens is 252 g/mol. The van der Waals surface area contributed by atoms with E-state index in [0.717, 1.165) is 13.1 Å². The largest absolute Gasteiger partial charge is 0.413 e. The first-order chi connectivity index (χ1) is 6.54. The van der Waals surface area contributed by atoms with E-state index in [1.54, 1.807) is 0 Å². The topological polar surface area (TPSA) is 170 Å². The van der Waals surface area contributed by atoms with E-state index in [9.17, 15) is 16.8 Å². The van der Waals surface area contributed by atoms with Crippen LogP contribution in [-0.2, 0) is 24.4 Å². The fourth-order valence-corrected chi connectivity index (χ4v) is 0.978. The summed E-state index contributed by atoms with van der Waals surface area (Å²) < 4.78 is 55.6. The smallest absolute Gasteiger partial charge is 0.331 e. The summed E-state index contributed by atoms with van der Waals surface area (Å²) in [7, 11) is -10.2. The van der Waals surface area contributed by atoms with Crippen LogP contribution < -0.4 is 11.5 Å². The first kappa shape index (κ1) is 20.2. The van der Waals surface area contributed by atoms with Crippen LogP contribution in [0.15, 0.2) is 0 Å². The number of nitrogens with two attached hydrogens (primary N) is 2. The number of hydrogen-bond acceptors (Lipinski definition) is 7. The lowest BCUT2D eigenvalue weighted by molar-refractivity contribution is 0.344. The predicted octanol–water partition coefficient (Wildman–Crippen LogP) is -1.46. The second kappa shape index (κ2) is 10.2. The fraction of sp³-hybridized carbons (Fsp3) is 1.00. The van der Waals surface area contributed by atoms with Gasteiger partial charge in [0.25, 0.3) is 0 Å². The van der Waals surface area contributed by atoms with Gasteiger partial charge >= 0.3 is 20.8 Å². The molecule has 0 aliphatic heterocycles. The Hall–Kier alpha value is -0.300. The normalized spacial score (nSPS) is 10.5. The first-order valence-electron chi connectivity index (χ1n) is 3.60. The lowest BCUT2D eigenvalue weighted by atomic mass is 10.8. The quantitative estimate of drug-likeness (QED) is 0.437. The second-order valence-electron chi connectivity index (χ2n) is 1.74. The average Bonchev–Trinajstić information content (AvgIpc) is 1.80. The Morgan fingerprint density at radius 3 is 1.07 bits per heavy atom. The van der Waals surface area contributed by atoms with Crippen molar-refractivity contribution in [3.8, 4) is 0 Å². The average molecular weight is 268 g/mol. The molecule has 11 heteroatoms. The minimum atomic E-state index is -5.12. The molecule has 0 radical (unpaired) electrons. The van der Waals surface area contributed by atoms with Gasteiger partial charge in [0.15, 0.2) is 0 Å². The Morgan fingerprint density at radius 1 is 0.933 bits per heavy atom. The van der Waals surface area contributed by atoms with Crippen molar-refractivity contribution in [3.05, 3.63) is 0 Å². The standard InChI is InChI=1S/2C2H7N.H2O7S2/c2*1-2-3;1-8(2,3)7-9(4,5)6/h2*2-3H2,1H3;(H,1,2,3)(H,4,5,6). The van der Waals surface area contributed by atoms with Gasteiger partial charge in [-0.1, -0.05) is 13.8 Å². The maximum absolute atomic E-state index is 9.44. The third-order valence-electron chi connectivity index (χ3n) is 0.172. The van der Waals surface area contributed by atoms with Crippen molar-refractivity contribution in [2.45, 2.75) is 13.8 Å². The highest BCUT2D eigenvalue weighted by molar-refractivity contribution is 7.94. The molecule has 0 heterocycles. The summed E-state index contributed by atoms with van der Waals surface area (Å²) in [5.74, 6) is 0. The maximum Gasteiger partial charge on any atom is 0.413 e. The van der Waals surface area contributed by atoms with Gasteiger partial charge in [0, 0.05) is 0 Å². The lowest BCUT2D eigenvalue weighted by Gasteiger charge is -1.89. The van der Waals surface area contributed by atoms with E-state index in [4.69, 9.17) is 20.6 Å². The molecule has 0 amide bonds. The molecule has 15 heavy (non-hydrogen) atoms. The van der Waals surface area contributed by atoms with Gasteiger partial charge in [0.1, 0.15) is 0 Å². The van der Waals surface area contributed by atoms with Crippen molar-refractivity contribution in [2.75, 3.05) is 13.1 Å². The Balaban J connectivity index is -0.000000200. The molecule has 0 saturated carbocycles. The van der Waals surface area contributed by atoms with E-state index in [-0.39, 0.29) is 0 Å². The summed E-state index contributed by atoms with van der Waals surface area (Å²) in [4.78, 5) is 0. The Labute approximate surface area is 89.3 Å². The summed E-state index contributed by atoms with van der Waals surface area (Å²) in [6.45, 7) is 5.31. The molecule has 0 aliphatic carbocycles. The van der Waals surface area contributed by atoms with Gasteiger partial charge in [0.2, 0.25) is 0 Å². The zero-order valence-electron chi connectivity index (χ0n) is 8.32. The maximum atomic E-state index is 9.44. The summed E-state index contributed by atoms with van der Waals surface area (Å²) in [5.41, 5.74) is 9.69. The summed E-state index contributed by atoms with van der Waals surface area (Å²) in [6.07, 6.45) is 0. The first-order valence-corrected chi connectivity index (χ1v) is 6.33. The van der Waals surface area contributed by atoms with E-state index >= 15 is 0 Å². The molecule has 0 bridgehead atoms. The molecule has 0 atom stereocenters. The molecule has 0 aromatic heterocycles. The Morgan fingerprint density at radius 2 is 1.07 bits per heavy atom. The van der Waals surface area contributed by atoms with Crippen LogP contribution in [0.25, 0.3) is 0 Å². The van der Waals surface area contributed by atoms with Crippen molar-refractivity contribution < 1.29 is 29.6 Å². The van der Waals surface area contributed by atoms with Crippen LogP contribution in [0, 0.1) is 0 Å². The number of rotatable bonds is 2. The minimum Gasteiger partial charge on any atom is -0.331 e. The molecule has 0 aromatic carbocycles. The van der Waals surface area contributed by atoms with Gasteiger partial charge in [-0.2, -0.15) is 16.8 Å². The van der Waals surface area contributed by atoms with Gasteiger partial charge in [-0.15, -0.1) is 3.63 Å². The predicted molar refractivity (Wildman–Crippen MR) is 53.6 cm³/mol. The third kappa shape index (κ3) is 57.7. The van der Waals surface area contributed by atoms with Crippen LogP contribution in [0.4, 0.5) is 0 Å². The monoisotopic (exact) mass is 268 g/mol. The van der Waals surface area contributed by atoms with E-state index in [1.807, 2.05) is 13.8 Å². The van der Waals surface area contributed by atoms with Gasteiger partial charge in [0.05, 0.1) is 0 Å². The minimum absolute atomic E-state index is 0.750. The van der Waals surface area contributed by atoms with Crippen molar-refractivity contribution >= 4 is 20.8 Å². The van der Waals surface area contributed by atoms with Gasteiger partial charge in [-0.3, -0.25) is 9.11 Å². The zero-order chi connectivity index (χ0) is 13.1. The lowest BCUT2D eigenvalue weighted by Crippen LogP contribution is -2.10. The van der Waals surface area contributed by atoms with Crippen molar-refractivity contribution in [1.82, 2.24) is 0 Å². The van der Waals surface area contributed by atoms with Gasteiger partial charge in [-0.05, 0) is 13.1 Å². The molecule has 9 nitrogen and oxygen atoms in total. The zero-order valence-corrected chi connectivity index (χ0v) is 9.95. The van der Waals surface area contributed by atoms with E-state index in [0.29, 0.717) is 0 Å². The molecule has 0 rings (SSSR count). The molecule has 0 spiro atoms. The van der Waals surface area contributed by atoms with Crippen LogP contribution in [-0.4, -0.2) is 39.0 Å². The third-order valence-corrected chi connectivity index (χ3v) is 1.55. The van der Waals surface area contributed by atoms with E-state index < -0.39 is 20.8 Å². The molecule has 96 valence electrons.